The molecular weight excluding hydrogens is 660 g/mol. The predicted octanol–water partition coefficient (Wildman–Crippen LogP) is 2.21. The molecule has 12 heteroatoms. The van der Waals surface area contributed by atoms with E-state index in [-0.39, 0.29) is 59.7 Å². The van der Waals surface area contributed by atoms with Gasteiger partial charge >= 0.3 is 0 Å². The molecule has 6 aliphatic rings. The minimum Gasteiger partial charge on any atom is -0.393 e. The smallest absolute Gasteiger partial charge is 0.186 e. The molecule has 12 nitrogen and oxygen atoms in total. The first-order chi connectivity index (χ1) is 24.1. The zero-order valence-electron chi connectivity index (χ0n) is 31.6. The number of aliphatic hydroxyl groups is 7. The molecule has 51 heavy (non-hydrogen) atoms. The molecule has 2 aliphatic heterocycles. The third-order valence-electron chi connectivity index (χ3n) is 15.4. The summed E-state index contributed by atoms with van der Waals surface area (Å²) in [6.45, 7) is 11.6. The first kappa shape index (κ1) is 40.2. The van der Waals surface area contributed by atoms with E-state index in [0.717, 1.165) is 44.9 Å². The van der Waals surface area contributed by atoms with E-state index in [1.807, 2.05) is 0 Å². The molecule has 2 saturated heterocycles. The van der Waals surface area contributed by atoms with E-state index < -0.39 is 61.4 Å². The summed E-state index contributed by atoms with van der Waals surface area (Å²) in [5, 5.41) is 74.8. The molecule has 4 aliphatic carbocycles. The first-order valence-electron chi connectivity index (χ1n) is 19.9. The summed E-state index contributed by atoms with van der Waals surface area (Å²) in [4.78, 5) is 0. The number of ether oxygens (including phenoxy) is 5. The number of fused-ring (bicyclic) bond motifs is 5. The summed E-state index contributed by atoms with van der Waals surface area (Å²) in [6, 6.07) is 0. The average Bonchev–Trinajstić information content (AvgIpc) is 3.45. The van der Waals surface area contributed by atoms with E-state index in [2.05, 4.69) is 34.6 Å². The summed E-state index contributed by atoms with van der Waals surface area (Å²) in [5.41, 5.74) is -0.293. The highest BCUT2D eigenvalue weighted by Crippen LogP contribution is 2.68. The lowest BCUT2D eigenvalue weighted by Crippen LogP contribution is -2.62. The van der Waals surface area contributed by atoms with Gasteiger partial charge in [-0.25, -0.2) is 0 Å². The van der Waals surface area contributed by atoms with Crippen molar-refractivity contribution < 1.29 is 59.4 Å². The summed E-state index contributed by atoms with van der Waals surface area (Å²) in [6.07, 6.45) is -1.39. The van der Waals surface area contributed by atoms with Gasteiger partial charge in [0.15, 0.2) is 12.6 Å². The van der Waals surface area contributed by atoms with Crippen molar-refractivity contribution in [3.8, 4) is 0 Å². The molecule has 6 fully saturated rings. The Labute approximate surface area is 304 Å². The minimum atomic E-state index is -1.30. The van der Waals surface area contributed by atoms with Crippen LogP contribution in [0.15, 0.2) is 0 Å². The van der Waals surface area contributed by atoms with Gasteiger partial charge in [0.05, 0.1) is 38.1 Å². The average molecular weight is 729 g/mol. The lowest BCUT2D eigenvalue weighted by Gasteiger charge is -2.63. The van der Waals surface area contributed by atoms with Crippen LogP contribution in [0.4, 0.5) is 0 Å². The number of methoxy groups -OCH3 is 1. The van der Waals surface area contributed by atoms with E-state index in [0.29, 0.717) is 37.2 Å². The van der Waals surface area contributed by atoms with Crippen molar-refractivity contribution in [3.63, 3.8) is 0 Å². The zero-order chi connectivity index (χ0) is 37.0. The predicted molar refractivity (Wildman–Crippen MR) is 186 cm³/mol. The van der Waals surface area contributed by atoms with E-state index in [1.54, 1.807) is 0 Å². The summed E-state index contributed by atoms with van der Waals surface area (Å²) in [7, 11) is 1.48. The van der Waals surface area contributed by atoms with Gasteiger partial charge in [0, 0.05) is 7.11 Å². The molecule has 2 heterocycles. The highest BCUT2D eigenvalue weighted by atomic mass is 16.7. The zero-order valence-corrected chi connectivity index (χ0v) is 31.6. The minimum absolute atomic E-state index is 0.00846. The van der Waals surface area contributed by atoms with E-state index in [9.17, 15) is 35.7 Å². The third kappa shape index (κ3) is 7.45. The van der Waals surface area contributed by atoms with Gasteiger partial charge in [-0.2, -0.15) is 0 Å². The Hall–Kier alpha value is -0.480. The molecule has 7 N–H and O–H groups in total. The van der Waals surface area contributed by atoms with Crippen LogP contribution in [0, 0.1) is 58.2 Å². The van der Waals surface area contributed by atoms with Gasteiger partial charge in [-0.15, -0.1) is 0 Å². The molecule has 0 aromatic rings. The van der Waals surface area contributed by atoms with Crippen LogP contribution in [0.3, 0.4) is 0 Å². The van der Waals surface area contributed by atoms with Crippen molar-refractivity contribution >= 4 is 0 Å². The Morgan fingerprint density at radius 2 is 1.43 bits per heavy atom. The number of rotatable bonds is 11. The summed E-state index contributed by atoms with van der Waals surface area (Å²) in [5.74, 6) is 2.13. The third-order valence-corrected chi connectivity index (χ3v) is 15.4. The maximum atomic E-state index is 12.1. The van der Waals surface area contributed by atoms with Gasteiger partial charge in [-0.05, 0) is 110 Å². The fourth-order valence-corrected chi connectivity index (χ4v) is 12.0. The van der Waals surface area contributed by atoms with Crippen molar-refractivity contribution in [1.82, 2.24) is 0 Å². The largest absolute Gasteiger partial charge is 0.393 e. The van der Waals surface area contributed by atoms with Gasteiger partial charge in [0.25, 0.3) is 0 Å². The van der Waals surface area contributed by atoms with Crippen molar-refractivity contribution in [1.29, 1.82) is 0 Å². The monoisotopic (exact) mass is 728 g/mol. The fraction of sp³-hybridized carbons (Fsp3) is 1.00. The molecule has 0 aromatic heterocycles. The molecule has 6 rings (SSSR count). The van der Waals surface area contributed by atoms with Crippen LogP contribution in [-0.4, -0.2) is 130 Å². The van der Waals surface area contributed by atoms with Crippen LogP contribution in [0.1, 0.15) is 92.4 Å². The Bertz CT molecular complexity index is 1140. The summed E-state index contributed by atoms with van der Waals surface area (Å²) >= 11 is 0. The van der Waals surface area contributed by atoms with Crippen LogP contribution in [0.5, 0.6) is 0 Å². The Morgan fingerprint density at radius 1 is 0.745 bits per heavy atom. The first-order valence-corrected chi connectivity index (χ1v) is 19.9. The van der Waals surface area contributed by atoms with Crippen molar-refractivity contribution in [3.05, 3.63) is 0 Å². The van der Waals surface area contributed by atoms with Crippen LogP contribution < -0.4 is 0 Å². The second-order valence-electron chi connectivity index (χ2n) is 18.2. The van der Waals surface area contributed by atoms with Gasteiger partial charge < -0.3 is 59.4 Å². The maximum Gasteiger partial charge on any atom is 0.186 e. The van der Waals surface area contributed by atoms with E-state index >= 15 is 0 Å². The Morgan fingerprint density at radius 3 is 2.12 bits per heavy atom. The van der Waals surface area contributed by atoms with E-state index in [4.69, 9.17) is 23.7 Å². The van der Waals surface area contributed by atoms with E-state index in [1.165, 1.54) is 7.11 Å². The maximum absolute atomic E-state index is 12.1. The lowest BCUT2D eigenvalue weighted by molar-refractivity contribution is -0.296. The van der Waals surface area contributed by atoms with Gasteiger partial charge in [-0.3, -0.25) is 0 Å². The standard InChI is InChI=1S/C39H68O12/c1-19(2)21(16-48-36-34(46)32(44)28(41)17-49-36)8-7-20(3)24-9-10-25-31-26(15-30(43)39(24,25)5)38(4)12-11-23(13-22(38)14-27(31)40)51-37-35(47-6)33(45)29(42)18-50-37/h19-37,40-46H,7-18H2,1-6H3/t20-,21?,22?,23?,24-,25?,26?,27-,28-,29-,30+,31?,32+,33+,34-,35-,36-,37+,38+,39-/m1/s1. The highest BCUT2D eigenvalue weighted by molar-refractivity contribution is 5.14. The van der Waals surface area contributed by atoms with Crippen molar-refractivity contribution in [2.45, 2.75) is 160 Å². The summed E-state index contributed by atoms with van der Waals surface area (Å²) < 4.78 is 29.0. The highest BCUT2D eigenvalue weighted by Gasteiger charge is 2.66. The fourth-order valence-electron chi connectivity index (χ4n) is 12.0. The quantitative estimate of drug-likeness (QED) is 0.154. The topological polar surface area (TPSA) is 188 Å². The van der Waals surface area contributed by atoms with Gasteiger partial charge in [0.1, 0.15) is 36.6 Å². The van der Waals surface area contributed by atoms with Gasteiger partial charge in [0.2, 0.25) is 0 Å². The van der Waals surface area contributed by atoms with Crippen LogP contribution >= 0.6 is 0 Å². The normalized spacial score (nSPS) is 51.4. The molecule has 0 bridgehead atoms. The van der Waals surface area contributed by atoms with Crippen LogP contribution in [0.2, 0.25) is 0 Å². The van der Waals surface area contributed by atoms with Crippen molar-refractivity contribution in [2.75, 3.05) is 26.9 Å². The molecule has 6 unspecified atom stereocenters. The molecule has 20 atom stereocenters. The second-order valence-corrected chi connectivity index (χ2v) is 18.2. The lowest BCUT2D eigenvalue weighted by atomic mass is 9.43. The number of hydrogen-bond acceptors (Lipinski definition) is 12. The molecular formula is C39H68O12. The van der Waals surface area contributed by atoms with Crippen LogP contribution in [0.25, 0.3) is 0 Å². The molecule has 296 valence electrons. The second kappa shape index (κ2) is 15.9. The Kier molecular flexibility index (Phi) is 12.6. The van der Waals surface area contributed by atoms with Crippen LogP contribution in [-0.2, 0) is 23.7 Å². The number of hydrogen-bond donors (Lipinski definition) is 7. The SMILES string of the molecule is CO[C@H]1[C@H](OC2CC[C@@]3(C)C(C2)C[C@@H](O)C2C3C[C@H](O)[C@@]3(C)C2CC[C@@H]3[C@H](C)CCC(CO[C@@H]2OC[C@@H](O)[C@H](O)[C@H]2O)C(C)C)OC[C@@H](O)[C@@H]1O. The molecule has 0 radical (unpaired) electrons. The number of aliphatic hydroxyl groups excluding tert-OH is 7. The molecule has 0 spiro atoms. The van der Waals surface area contributed by atoms with Gasteiger partial charge in [-0.1, -0.05) is 41.0 Å². The molecule has 0 amide bonds. The van der Waals surface area contributed by atoms with Crippen molar-refractivity contribution in [2.24, 2.45) is 58.2 Å². The Balaban J connectivity index is 1.07. The molecule has 4 saturated carbocycles. The molecule has 0 aromatic carbocycles.